The van der Waals surface area contributed by atoms with Crippen LogP contribution < -0.4 is 0 Å². The van der Waals surface area contributed by atoms with Gasteiger partial charge in [-0.05, 0) is 18.2 Å². The molecule has 0 atom stereocenters. The molecule has 2 aromatic rings. The van der Waals surface area contributed by atoms with Crippen molar-refractivity contribution in [1.29, 1.82) is 0 Å². The minimum absolute atomic E-state index is 0.664. The van der Waals surface area contributed by atoms with E-state index in [2.05, 4.69) is 4.98 Å². The van der Waals surface area contributed by atoms with Gasteiger partial charge in [-0.2, -0.15) is 0 Å². The fraction of sp³-hybridized carbons (Fsp3) is 0.100. The van der Waals surface area contributed by atoms with Crippen molar-refractivity contribution in [2.24, 2.45) is 0 Å². The SMILES string of the molecule is CC(=O)O.Clc1cc(Cl)c2[nH]ccc2c1. The Hall–Kier alpha value is -1.19. The van der Waals surface area contributed by atoms with Crippen LogP contribution in [-0.4, -0.2) is 16.1 Å². The second-order valence-corrected chi connectivity index (χ2v) is 3.69. The second kappa shape index (κ2) is 5.05. The highest BCUT2D eigenvalue weighted by Gasteiger charge is 2.00. The molecule has 0 radical (unpaired) electrons. The van der Waals surface area contributed by atoms with Gasteiger partial charge in [0.05, 0.1) is 10.5 Å². The number of aliphatic carboxylic acids is 1. The molecule has 1 aromatic heterocycles. The molecule has 0 fully saturated rings. The Morgan fingerprint density at radius 2 is 2.00 bits per heavy atom. The first-order valence-corrected chi connectivity index (χ1v) is 4.88. The molecular weight excluding hydrogens is 237 g/mol. The van der Waals surface area contributed by atoms with E-state index < -0.39 is 5.97 Å². The minimum Gasteiger partial charge on any atom is -0.481 e. The molecule has 0 unspecified atom stereocenters. The summed E-state index contributed by atoms with van der Waals surface area (Å²) in [6.45, 7) is 1.08. The number of rotatable bonds is 0. The van der Waals surface area contributed by atoms with E-state index in [0.29, 0.717) is 10.0 Å². The van der Waals surface area contributed by atoms with Crippen molar-refractivity contribution >= 4 is 40.1 Å². The van der Waals surface area contributed by atoms with Crippen molar-refractivity contribution in [3.8, 4) is 0 Å². The average molecular weight is 246 g/mol. The molecule has 1 heterocycles. The van der Waals surface area contributed by atoms with Gasteiger partial charge >= 0.3 is 0 Å². The summed E-state index contributed by atoms with van der Waals surface area (Å²) in [6, 6.07) is 5.54. The number of aromatic amines is 1. The highest BCUT2D eigenvalue weighted by molar-refractivity contribution is 6.38. The van der Waals surface area contributed by atoms with Gasteiger partial charge in [-0.1, -0.05) is 23.2 Å². The highest BCUT2D eigenvalue weighted by Crippen LogP contribution is 2.26. The van der Waals surface area contributed by atoms with E-state index in [-0.39, 0.29) is 0 Å². The molecule has 5 heteroatoms. The average Bonchev–Trinajstić information content (AvgIpc) is 2.50. The minimum atomic E-state index is -0.833. The van der Waals surface area contributed by atoms with Gasteiger partial charge in [0.15, 0.2) is 0 Å². The van der Waals surface area contributed by atoms with Crippen LogP contribution in [0.2, 0.25) is 10.0 Å². The summed E-state index contributed by atoms with van der Waals surface area (Å²) in [7, 11) is 0. The zero-order chi connectivity index (χ0) is 11.4. The first-order valence-electron chi connectivity index (χ1n) is 4.12. The molecule has 80 valence electrons. The fourth-order valence-corrected chi connectivity index (χ4v) is 1.66. The van der Waals surface area contributed by atoms with E-state index in [9.17, 15) is 0 Å². The molecule has 2 rings (SSSR count). The Bertz CT molecular complexity index is 475. The van der Waals surface area contributed by atoms with Crippen molar-refractivity contribution in [3.63, 3.8) is 0 Å². The van der Waals surface area contributed by atoms with Crippen LogP contribution >= 0.6 is 23.2 Å². The number of halogens is 2. The zero-order valence-electron chi connectivity index (χ0n) is 7.92. The highest BCUT2D eigenvalue weighted by atomic mass is 35.5. The summed E-state index contributed by atoms with van der Waals surface area (Å²) < 4.78 is 0. The van der Waals surface area contributed by atoms with E-state index in [0.717, 1.165) is 17.8 Å². The lowest BCUT2D eigenvalue weighted by Crippen LogP contribution is -1.78. The maximum atomic E-state index is 9.00. The van der Waals surface area contributed by atoms with Gasteiger partial charge in [0.25, 0.3) is 5.97 Å². The van der Waals surface area contributed by atoms with Crippen LogP contribution in [0.1, 0.15) is 6.92 Å². The normalized spacial score (nSPS) is 9.53. The number of carboxylic acid groups (broad SMARTS) is 1. The van der Waals surface area contributed by atoms with Crippen LogP contribution in [-0.2, 0) is 4.79 Å². The van der Waals surface area contributed by atoms with Crippen LogP contribution in [0.15, 0.2) is 24.4 Å². The number of hydrogen-bond acceptors (Lipinski definition) is 1. The Morgan fingerprint density at radius 1 is 1.40 bits per heavy atom. The summed E-state index contributed by atoms with van der Waals surface area (Å²) >= 11 is 11.7. The van der Waals surface area contributed by atoms with Crippen molar-refractivity contribution in [2.75, 3.05) is 0 Å². The molecule has 0 spiro atoms. The molecular formula is C10H9Cl2NO2. The van der Waals surface area contributed by atoms with Gasteiger partial charge in [0.2, 0.25) is 0 Å². The number of fused-ring (bicyclic) bond motifs is 1. The van der Waals surface area contributed by atoms with Crippen molar-refractivity contribution in [3.05, 3.63) is 34.4 Å². The van der Waals surface area contributed by atoms with Crippen molar-refractivity contribution in [2.45, 2.75) is 6.92 Å². The molecule has 2 N–H and O–H groups in total. The van der Waals surface area contributed by atoms with Crippen LogP contribution in [0, 0.1) is 0 Å². The van der Waals surface area contributed by atoms with Crippen LogP contribution in [0.5, 0.6) is 0 Å². The third kappa shape index (κ3) is 3.46. The first-order chi connectivity index (χ1) is 7.00. The number of hydrogen-bond donors (Lipinski definition) is 2. The van der Waals surface area contributed by atoms with Crippen molar-refractivity contribution < 1.29 is 9.90 Å². The standard InChI is InChI=1S/C8H5Cl2N.C2H4O2/c9-6-3-5-1-2-11-8(5)7(10)4-6;1-2(3)4/h1-4,11H;1H3,(H,3,4). The van der Waals surface area contributed by atoms with Crippen LogP contribution in [0.4, 0.5) is 0 Å². The Balaban J connectivity index is 0.000000245. The third-order valence-electron chi connectivity index (χ3n) is 1.58. The molecule has 1 aromatic carbocycles. The molecule has 0 saturated carbocycles. The number of nitrogens with one attached hydrogen (secondary N) is 1. The lowest BCUT2D eigenvalue weighted by atomic mass is 10.2. The largest absolute Gasteiger partial charge is 0.481 e. The smallest absolute Gasteiger partial charge is 0.300 e. The molecule has 0 aliphatic rings. The van der Waals surface area contributed by atoms with E-state index >= 15 is 0 Å². The molecule has 15 heavy (non-hydrogen) atoms. The number of carboxylic acids is 1. The van der Waals surface area contributed by atoms with Crippen molar-refractivity contribution in [1.82, 2.24) is 4.98 Å². The van der Waals surface area contributed by atoms with E-state index in [1.54, 1.807) is 6.07 Å². The number of carbonyl (C=O) groups is 1. The lowest BCUT2D eigenvalue weighted by Gasteiger charge is -1.94. The first kappa shape index (κ1) is 11.9. The monoisotopic (exact) mass is 245 g/mol. The Morgan fingerprint density at radius 3 is 2.60 bits per heavy atom. The van der Waals surface area contributed by atoms with E-state index in [1.165, 1.54) is 0 Å². The number of benzene rings is 1. The fourth-order valence-electron chi connectivity index (χ4n) is 1.09. The predicted molar refractivity (Wildman–Crippen MR) is 61.6 cm³/mol. The van der Waals surface area contributed by atoms with Gasteiger partial charge in [-0.3, -0.25) is 4.79 Å². The molecule has 0 amide bonds. The second-order valence-electron chi connectivity index (χ2n) is 2.85. The number of aromatic nitrogens is 1. The maximum Gasteiger partial charge on any atom is 0.300 e. The molecule has 3 nitrogen and oxygen atoms in total. The summed E-state index contributed by atoms with van der Waals surface area (Å²) in [5.41, 5.74) is 0.941. The van der Waals surface area contributed by atoms with E-state index in [1.807, 2.05) is 18.3 Å². The maximum absolute atomic E-state index is 9.00. The quantitative estimate of drug-likeness (QED) is 0.746. The Kier molecular flexibility index (Phi) is 4.00. The Labute approximate surface area is 96.6 Å². The van der Waals surface area contributed by atoms with Gasteiger partial charge in [0, 0.05) is 23.5 Å². The number of H-pyrrole nitrogens is 1. The van der Waals surface area contributed by atoms with Gasteiger partial charge in [0.1, 0.15) is 0 Å². The summed E-state index contributed by atoms with van der Waals surface area (Å²) in [4.78, 5) is 12.0. The molecule has 0 bridgehead atoms. The molecule has 0 aliphatic heterocycles. The van der Waals surface area contributed by atoms with Crippen LogP contribution in [0.25, 0.3) is 10.9 Å². The van der Waals surface area contributed by atoms with Gasteiger partial charge in [-0.15, -0.1) is 0 Å². The van der Waals surface area contributed by atoms with Crippen LogP contribution in [0.3, 0.4) is 0 Å². The van der Waals surface area contributed by atoms with E-state index in [4.69, 9.17) is 33.1 Å². The lowest BCUT2D eigenvalue weighted by molar-refractivity contribution is -0.134. The summed E-state index contributed by atoms with van der Waals surface area (Å²) in [5, 5.41) is 9.79. The third-order valence-corrected chi connectivity index (χ3v) is 2.09. The van der Waals surface area contributed by atoms with Gasteiger partial charge < -0.3 is 10.1 Å². The zero-order valence-corrected chi connectivity index (χ0v) is 9.43. The topological polar surface area (TPSA) is 53.1 Å². The predicted octanol–water partition coefficient (Wildman–Crippen LogP) is 3.57. The summed E-state index contributed by atoms with van der Waals surface area (Å²) in [6.07, 6.45) is 1.84. The molecule has 0 saturated heterocycles. The molecule has 0 aliphatic carbocycles. The van der Waals surface area contributed by atoms with Gasteiger partial charge in [-0.25, -0.2) is 0 Å². The summed E-state index contributed by atoms with van der Waals surface area (Å²) in [5.74, 6) is -0.833.